The second-order valence-corrected chi connectivity index (χ2v) is 11.4. The Morgan fingerprint density at radius 3 is 1.59 bits per heavy atom. The third-order valence-corrected chi connectivity index (χ3v) is 7.13. The van der Waals surface area contributed by atoms with E-state index in [9.17, 15) is 0 Å². The molecule has 2 aromatic rings. The molecule has 0 aliphatic rings. The predicted octanol–water partition coefficient (Wildman–Crippen LogP) is 6.06. The summed E-state index contributed by atoms with van der Waals surface area (Å²) in [5, 5.41) is 2.11. The van der Waals surface area contributed by atoms with E-state index in [1.165, 1.54) is 16.4 Å². The van der Waals surface area contributed by atoms with E-state index in [0.29, 0.717) is 10.3 Å². The maximum absolute atomic E-state index is 2.38. The molecule has 0 saturated carbocycles. The van der Waals surface area contributed by atoms with E-state index < -0.39 is 0 Å². The van der Waals surface area contributed by atoms with Gasteiger partial charge in [-0.2, -0.15) is 0 Å². The van der Waals surface area contributed by atoms with Crippen LogP contribution in [0.15, 0.2) is 54.6 Å². The molecule has 0 spiro atoms. The Labute approximate surface area is 151 Å². The van der Waals surface area contributed by atoms with Crippen molar-refractivity contribution < 1.29 is 20.4 Å². The third-order valence-electron chi connectivity index (χ3n) is 3.57. The van der Waals surface area contributed by atoms with Crippen molar-refractivity contribution in [2.45, 2.75) is 51.9 Å². The van der Waals surface area contributed by atoms with Crippen LogP contribution in [0.5, 0.6) is 0 Å². The van der Waals surface area contributed by atoms with Gasteiger partial charge in [-0.15, -0.1) is 0 Å². The summed E-state index contributed by atoms with van der Waals surface area (Å²) in [5.74, 6) is 0. The first kappa shape index (κ1) is 19.6. The second-order valence-electron chi connectivity index (χ2n) is 7.56. The molecule has 0 N–H and O–H groups in total. The molecule has 0 fully saturated rings. The summed E-state index contributed by atoms with van der Waals surface area (Å²) in [5.41, 5.74) is 2.73. The second kappa shape index (κ2) is 7.40. The third kappa shape index (κ3) is 4.52. The van der Waals surface area contributed by atoms with Gasteiger partial charge in [-0.25, -0.2) is 0 Å². The molecule has 0 aromatic heterocycles. The summed E-state index contributed by atoms with van der Waals surface area (Å²) in [7, 11) is -0.282. The van der Waals surface area contributed by atoms with Crippen LogP contribution in [-0.2, 0) is 20.4 Å². The standard InChI is InChI=1S/C20H27P.Pd/c1-19(2,3)21(20(4,5)6)18-15-11-10-14-17(18)16-12-8-7-9-13-16;/h7-15H,1-6H3;/q;+2. The topological polar surface area (TPSA) is 0 Å². The Bertz CT molecular complexity index is 577. The van der Waals surface area contributed by atoms with Crippen LogP contribution < -0.4 is 5.30 Å². The Kier molecular flexibility index (Phi) is 6.59. The average Bonchev–Trinajstić information content (AvgIpc) is 2.37. The summed E-state index contributed by atoms with van der Waals surface area (Å²) in [6, 6.07) is 19.7. The largest absolute Gasteiger partial charge is 2.00 e. The normalized spacial score (nSPS) is 12.1. The van der Waals surface area contributed by atoms with Crippen molar-refractivity contribution in [3.05, 3.63) is 54.6 Å². The molecular formula is C20H27PPd+2. The van der Waals surface area contributed by atoms with Crippen molar-refractivity contribution in [1.82, 2.24) is 0 Å². The van der Waals surface area contributed by atoms with Gasteiger partial charge in [0.2, 0.25) is 0 Å². The van der Waals surface area contributed by atoms with Crippen molar-refractivity contribution in [2.75, 3.05) is 0 Å². The van der Waals surface area contributed by atoms with Crippen molar-refractivity contribution in [3.8, 4) is 11.1 Å². The van der Waals surface area contributed by atoms with Crippen molar-refractivity contribution in [3.63, 3.8) is 0 Å². The van der Waals surface area contributed by atoms with Crippen LogP contribution in [-0.4, -0.2) is 10.3 Å². The summed E-state index contributed by atoms with van der Waals surface area (Å²) in [6.45, 7) is 14.3. The van der Waals surface area contributed by atoms with E-state index in [0.717, 1.165) is 0 Å². The Hall–Kier alpha value is -0.468. The number of benzene rings is 2. The van der Waals surface area contributed by atoms with E-state index in [-0.39, 0.29) is 28.3 Å². The first-order valence-electron chi connectivity index (χ1n) is 7.66. The predicted molar refractivity (Wildman–Crippen MR) is 97.9 cm³/mol. The fourth-order valence-electron chi connectivity index (χ4n) is 3.26. The number of rotatable bonds is 2. The molecule has 0 unspecified atom stereocenters. The van der Waals surface area contributed by atoms with E-state index in [1.54, 1.807) is 0 Å². The van der Waals surface area contributed by atoms with Gasteiger partial charge in [0.15, 0.2) is 0 Å². The first-order chi connectivity index (χ1) is 9.71. The number of hydrogen-bond donors (Lipinski definition) is 0. The molecule has 0 heterocycles. The summed E-state index contributed by atoms with van der Waals surface area (Å²) in [4.78, 5) is 0. The van der Waals surface area contributed by atoms with Gasteiger partial charge < -0.3 is 0 Å². The average molecular weight is 405 g/mol. The fraction of sp³-hybridized carbons (Fsp3) is 0.400. The summed E-state index contributed by atoms with van der Waals surface area (Å²) >= 11 is 0. The molecule has 0 nitrogen and oxygen atoms in total. The van der Waals surface area contributed by atoms with Gasteiger partial charge in [-0.1, -0.05) is 104 Å². The fourth-order valence-corrected chi connectivity index (χ4v) is 7.40. The van der Waals surface area contributed by atoms with Crippen LogP contribution in [0.2, 0.25) is 0 Å². The minimum absolute atomic E-state index is 0. The van der Waals surface area contributed by atoms with E-state index >= 15 is 0 Å². The van der Waals surface area contributed by atoms with E-state index in [1.807, 2.05) is 0 Å². The minimum Gasteiger partial charge on any atom is -0.0636 e. The van der Waals surface area contributed by atoms with Gasteiger partial charge in [0.25, 0.3) is 0 Å². The molecule has 22 heavy (non-hydrogen) atoms. The molecule has 0 saturated heterocycles. The van der Waals surface area contributed by atoms with Gasteiger partial charge in [0.1, 0.15) is 0 Å². The maximum Gasteiger partial charge on any atom is 2.00 e. The number of hydrogen-bond acceptors (Lipinski definition) is 0. The van der Waals surface area contributed by atoms with Gasteiger partial charge in [-0.3, -0.25) is 0 Å². The zero-order valence-electron chi connectivity index (χ0n) is 14.5. The molecule has 2 rings (SSSR count). The van der Waals surface area contributed by atoms with E-state index in [2.05, 4.69) is 96.1 Å². The SMILES string of the molecule is CC(C)(C)P(c1ccccc1-c1ccccc1)C(C)(C)C.[Pd+2]. The molecule has 0 amide bonds. The maximum atomic E-state index is 2.38. The van der Waals surface area contributed by atoms with Crippen LogP contribution in [0.3, 0.4) is 0 Å². The van der Waals surface area contributed by atoms with Crippen LogP contribution in [0.1, 0.15) is 41.5 Å². The first-order valence-corrected chi connectivity index (χ1v) is 9.00. The molecule has 0 atom stereocenters. The van der Waals surface area contributed by atoms with Gasteiger partial charge in [0, 0.05) is 0 Å². The molecule has 2 aromatic carbocycles. The van der Waals surface area contributed by atoms with Crippen molar-refractivity contribution in [1.29, 1.82) is 0 Å². The summed E-state index contributed by atoms with van der Waals surface area (Å²) in [6.07, 6.45) is 0. The molecule has 0 bridgehead atoms. The van der Waals surface area contributed by atoms with Crippen molar-refractivity contribution >= 4 is 13.2 Å². The van der Waals surface area contributed by atoms with E-state index in [4.69, 9.17) is 0 Å². The van der Waals surface area contributed by atoms with Crippen LogP contribution >= 0.6 is 7.92 Å². The van der Waals surface area contributed by atoms with Crippen molar-refractivity contribution in [2.24, 2.45) is 0 Å². The molecule has 0 radical (unpaired) electrons. The molecular weight excluding hydrogens is 378 g/mol. The monoisotopic (exact) mass is 404 g/mol. The quantitative estimate of drug-likeness (QED) is 0.422. The van der Waals surface area contributed by atoms with Crippen LogP contribution in [0.25, 0.3) is 11.1 Å². The zero-order valence-corrected chi connectivity index (χ0v) is 16.9. The van der Waals surface area contributed by atoms with Gasteiger partial charge in [-0.05, 0) is 26.7 Å². The molecule has 120 valence electrons. The van der Waals surface area contributed by atoms with Crippen LogP contribution in [0.4, 0.5) is 0 Å². The van der Waals surface area contributed by atoms with Crippen LogP contribution in [0, 0.1) is 0 Å². The molecule has 0 aliphatic heterocycles. The zero-order chi connectivity index (χ0) is 15.7. The molecule has 2 heteroatoms. The summed E-state index contributed by atoms with van der Waals surface area (Å²) < 4.78 is 0. The minimum atomic E-state index is -0.282. The Morgan fingerprint density at radius 2 is 1.09 bits per heavy atom. The van der Waals surface area contributed by atoms with Gasteiger partial charge in [0.05, 0.1) is 0 Å². The smallest absolute Gasteiger partial charge is 0.0636 e. The van der Waals surface area contributed by atoms with Gasteiger partial charge >= 0.3 is 20.4 Å². The Morgan fingerprint density at radius 1 is 0.636 bits per heavy atom. The Balaban J connectivity index is 0.00000242. The molecule has 0 aliphatic carbocycles.